The number of carbonyl (C=O) groups is 1. The van der Waals surface area contributed by atoms with Gasteiger partial charge in [-0.1, -0.05) is 0 Å². The van der Waals surface area contributed by atoms with Gasteiger partial charge in [-0.3, -0.25) is 4.79 Å². The molecule has 1 N–H and O–H groups in total. The van der Waals surface area contributed by atoms with Crippen molar-refractivity contribution in [2.24, 2.45) is 0 Å². The van der Waals surface area contributed by atoms with Crippen molar-refractivity contribution in [2.45, 2.75) is 19.4 Å². The summed E-state index contributed by atoms with van der Waals surface area (Å²) in [7, 11) is -2.18. The highest BCUT2D eigenvalue weighted by Crippen LogP contribution is 2.12. The molecule has 0 aromatic rings. The van der Waals surface area contributed by atoms with Crippen LogP contribution < -0.4 is 0 Å². The Kier molecular flexibility index (Phi) is 4.87. The van der Waals surface area contributed by atoms with Crippen LogP contribution in [0.15, 0.2) is 0 Å². The van der Waals surface area contributed by atoms with Crippen LogP contribution in [0.4, 0.5) is 0 Å². The van der Waals surface area contributed by atoms with Gasteiger partial charge in [0.05, 0.1) is 19.1 Å². The maximum atomic E-state index is 12.0. The molecule has 1 heterocycles. The minimum Gasteiger partial charge on any atom is -0.481 e. The normalized spacial score (nSPS) is 22.9. The molecule has 0 saturated carbocycles. The third-order valence-corrected chi connectivity index (χ3v) is 4.52. The first-order valence-corrected chi connectivity index (χ1v) is 6.78. The Bertz CT molecular complexity index is 370. The lowest BCUT2D eigenvalue weighted by Crippen LogP contribution is -2.50. The molecule has 0 spiro atoms. The Morgan fingerprint density at radius 2 is 2.24 bits per heavy atom. The first kappa shape index (κ1) is 14.4. The fourth-order valence-corrected chi connectivity index (χ4v) is 2.98. The van der Waals surface area contributed by atoms with E-state index in [0.29, 0.717) is 19.7 Å². The summed E-state index contributed by atoms with van der Waals surface area (Å²) in [5, 5.41) is 8.53. The zero-order valence-corrected chi connectivity index (χ0v) is 10.8. The lowest BCUT2D eigenvalue weighted by atomic mass is 10.3. The SMILES string of the molecule is CC1CN(S(=O)(=O)N(C)CCC(=O)O)CCO1. The highest BCUT2D eigenvalue weighted by atomic mass is 32.2. The van der Waals surface area contributed by atoms with E-state index in [-0.39, 0.29) is 19.1 Å². The number of ether oxygens (including phenoxy) is 1. The average Bonchev–Trinajstić information content (AvgIpc) is 2.25. The summed E-state index contributed by atoms with van der Waals surface area (Å²) in [5.41, 5.74) is 0. The van der Waals surface area contributed by atoms with Crippen LogP contribution in [-0.4, -0.2) is 67.5 Å². The Morgan fingerprint density at radius 1 is 1.59 bits per heavy atom. The Balaban J connectivity index is 2.62. The van der Waals surface area contributed by atoms with Crippen molar-refractivity contribution >= 4 is 16.2 Å². The van der Waals surface area contributed by atoms with Crippen molar-refractivity contribution in [3.8, 4) is 0 Å². The topological polar surface area (TPSA) is 87.2 Å². The van der Waals surface area contributed by atoms with Crippen molar-refractivity contribution in [2.75, 3.05) is 33.3 Å². The molecule has 17 heavy (non-hydrogen) atoms. The van der Waals surface area contributed by atoms with Crippen molar-refractivity contribution < 1.29 is 23.1 Å². The zero-order chi connectivity index (χ0) is 13.1. The Hall–Kier alpha value is -0.700. The molecular weight excluding hydrogens is 248 g/mol. The smallest absolute Gasteiger partial charge is 0.304 e. The molecule has 1 atom stereocenters. The molecule has 8 heteroatoms. The highest BCUT2D eigenvalue weighted by Gasteiger charge is 2.30. The number of rotatable bonds is 5. The number of hydrogen-bond acceptors (Lipinski definition) is 4. The molecule has 1 fully saturated rings. The van der Waals surface area contributed by atoms with E-state index in [1.807, 2.05) is 0 Å². The molecule has 0 aromatic heterocycles. The van der Waals surface area contributed by atoms with E-state index in [1.165, 1.54) is 11.4 Å². The highest BCUT2D eigenvalue weighted by molar-refractivity contribution is 7.86. The van der Waals surface area contributed by atoms with Crippen molar-refractivity contribution in [3.05, 3.63) is 0 Å². The summed E-state index contributed by atoms with van der Waals surface area (Å²) in [6, 6.07) is 0. The molecule has 0 amide bonds. The molecule has 1 rings (SSSR count). The molecule has 0 aromatic carbocycles. The average molecular weight is 266 g/mol. The maximum Gasteiger partial charge on any atom is 0.304 e. The molecule has 0 radical (unpaired) electrons. The minimum absolute atomic E-state index is 0.0244. The van der Waals surface area contributed by atoms with Crippen LogP contribution in [-0.2, 0) is 19.7 Å². The number of hydrogen-bond donors (Lipinski definition) is 1. The van der Waals surface area contributed by atoms with Gasteiger partial charge in [0, 0.05) is 26.7 Å². The van der Waals surface area contributed by atoms with Crippen molar-refractivity contribution in [1.29, 1.82) is 0 Å². The van der Waals surface area contributed by atoms with E-state index in [2.05, 4.69) is 0 Å². The molecule has 1 aliphatic rings. The molecule has 0 aliphatic carbocycles. The summed E-state index contributed by atoms with van der Waals surface area (Å²) >= 11 is 0. The van der Waals surface area contributed by atoms with Crippen molar-refractivity contribution in [3.63, 3.8) is 0 Å². The van der Waals surface area contributed by atoms with Gasteiger partial charge in [-0.25, -0.2) is 0 Å². The van der Waals surface area contributed by atoms with E-state index in [1.54, 1.807) is 6.92 Å². The molecule has 1 unspecified atom stereocenters. The van der Waals surface area contributed by atoms with Gasteiger partial charge in [-0.2, -0.15) is 17.0 Å². The summed E-state index contributed by atoms with van der Waals surface area (Å²) in [4.78, 5) is 10.4. The number of nitrogens with zero attached hydrogens (tertiary/aromatic N) is 2. The second-order valence-electron chi connectivity index (χ2n) is 4.01. The summed E-state index contributed by atoms with van der Waals surface area (Å²) in [6.45, 7) is 2.76. The largest absolute Gasteiger partial charge is 0.481 e. The van der Waals surface area contributed by atoms with E-state index in [9.17, 15) is 13.2 Å². The Morgan fingerprint density at radius 3 is 2.76 bits per heavy atom. The van der Waals surface area contributed by atoms with Crippen LogP contribution in [0.3, 0.4) is 0 Å². The van der Waals surface area contributed by atoms with Crippen LogP contribution in [0.25, 0.3) is 0 Å². The lowest BCUT2D eigenvalue weighted by molar-refractivity contribution is -0.137. The predicted octanol–water partition coefficient (Wildman–Crippen LogP) is -0.642. The fourth-order valence-electron chi connectivity index (χ4n) is 1.56. The van der Waals surface area contributed by atoms with Crippen LogP contribution in [0.1, 0.15) is 13.3 Å². The zero-order valence-electron chi connectivity index (χ0n) is 10.00. The summed E-state index contributed by atoms with van der Waals surface area (Å²) in [6.07, 6.45) is -0.332. The van der Waals surface area contributed by atoms with Gasteiger partial charge >= 0.3 is 5.97 Å². The quantitative estimate of drug-likeness (QED) is 0.715. The van der Waals surface area contributed by atoms with Crippen molar-refractivity contribution in [1.82, 2.24) is 8.61 Å². The Labute approximate surface area is 101 Å². The number of morpholine rings is 1. The van der Waals surface area contributed by atoms with E-state index < -0.39 is 16.2 Å². The standard InChI is InChI=1S/C9H18N2O5S/c1-8-7-11(5-6-16-8)17(14,15)10(2)4-3-9(12)13/h8H,3-7H2,1-2H3,(H,12,13). The second kappa shape index (κ2) is 5.76. The third-order valence-electron chi connectivity index (χ3n) is 2.56. The van der Waals surface area contributed by atoms with Crippen LogP contribution in [0.2, 0.25) is 0 Å². The minimum atomic E-state index is -3.57. The van der Waals surface area contributed by atoms with Crippen LogP contribution in [0.5, 0.6) is 0 Å². The van der Waals surface area contributed by atoms with E-state index in [4.69, 9.17) is 9.84 Å². The number of aliphatic carboxylic acids is 1. The molecule has 7 nitrogen and oxygen atoms in total. The van der Waals surface area contributed by atoms with Gasteiger partial charge < -0.3 is 9.84 Å². The van der Waals surface area contributed by atoms with Gasteiger partial charge in [-0.15, -0.1) is 0 Å². The van der Waals surface area contributed by atoms with Crippen LogP contribution in [0, 0.1) is 0 Å². The first-order valence-electron chi connectivity index (χ1n) is 5.39. The van der Waals surface area contributed by atoms with E-state index >= 15 is 0 Å². The van der Waals surface area contributed by atoms with Gasteiger partial charge in [0.25, 0.3) is 10.2 Å². The number of carboxylic acid groups (broad SMARTS) is 1. The van der Waals surface area contributed by atoms with Gasteiger partial charge in [-0.05, 0) is 6.92 Å². The second-order valence-corrected chi connectivity index (χ2v) is 6.05. The summed E-state index contributed by atoms with van der Waals surface area (Å²) in [5.74, 6) is -1.01. The van der Waals surface area contributed by atoms with Crippen LogP contribution >= 0.6 is 0 Å². The first-order chi connectivity index (χ1) is 7.84. The predicted molar refractivity (Wildman–Crippen MR) is 60.8 cm³/mol. The van der Waals surface area contributed by atoms with E-state index in [0.717, 1.165) is 4.31 Å². The molecule has 1 aliphatic heterocycles. The number of carboxylic acids is 1. The fraction of sp³-hybridized carbons (Fsp3) is 0.889. The van der Waals surface area contributed by atoms with Gasteiger partial charge in [0.1, 0.15) is 0 Å². The maximum absolute atomic E-state index is 12.0. The molecule has 100 valence electrons. The molecule has 1 saturated heterocycles. The molecule has 0 bridgehead atoms. The summed E-state index contributed by atoms with van der Waals surface area (Å²) < 4.78 is 31.7. The molecular formula is C9H18N2O5S. The third kappa shape index (κ3) is 3.91. The van der Waals surface area contributed by atoms with Gasteiger partial charge in [0.2, 0.25) is 0 Å². The lowest BCUT2D eigenvalue weighted by Gasteiger charge is -2.33. The van der Waals surface area contributed by atoms with Gasteiger partial charge in [0.15, 0.2) is 0 Å². The monoisotopic (exact) mass is 266 g/mol.